The molecule has 2 aromatic rings. The number of carbonyl (C=O) groups is 1. The van der Waals surface area contributed by atoms with E-state index in [1.54, 1.807) is 23.5 Å². The Balaban J connectivity index is 1.59. The van der Waals surface area contributed by atoms with E-state index in [0.29, 0.717) is 6.42 Å². The minimum Gasteiger partial charge on any atom is -0.497 e. The first-order valence-corrected chi connectivity index (χ1v) is 14.1. The minimum absolute atomic E-state index is 0.177. The lowest BCUT2D eigenvalue weighted by Gasteiger charge is -2.17. The summed E-state index contributed by atoms with van der Waals surface area (Å²) < 4.78 is 7.11. The fourth-order valence-electron chi connectivity index (χ4n) is 3.05. The Bertz CT molecular complexity index is 942. The van der Waals surface area contributed by atoms with Gasteiger partial charge in [0.05, 0.1) is 18.5 Å². The standard InChI is InChI=1S/C21H22O2S2Si/c1-13-5-8-18-19(9-13)25-21(24-18)17-11-14-10-15(23-12-26(2,3)4)6-7-16(14)20(17)22/h5-10H,11-12H2,1-4H3. The topological polar surface area (TPSA) is 26.3 Å². The number of allylic oxidation sites excluding steroid dienone is 1. The molecule has 2 aliphatic rings. The monoisotopic (exact) mass is 398 g/mol. The summed E-state index contributed by atoms with van der Waals surface area (Å²) in [4.78, 5) is 15.4. The van der Waals surface area contributed by atoms with Crippen molar-refractivity contribution < 1.29 is 9.53 Å². The van der Waals surface area contributed by atoms with Crippen LogP contribution in [0.3, 0.4) is 0 Å². The third-order valence-electron chi connectivity index (χ3n) is 4.39. The molecule has 2 nitrogen and oxygen atoms in total. The maximum atomic E-state index is 12.9. The van der Waals surface area contributed by atoms with Gasteiger partial charge in [0, 0.05) is 27.3 Å². The van der Waals surface area contributed by atoms with Gasteiger partial charge in [0.15, 0.2) is 5.78 Å². The Morgan fingerprint density at radius 3 is 2.58 bits per heavy atom. The summed E-state index contributed by atoms with van der Waals surface area (Å²) in [5.74, 6) is 1.06. The van der Waals surface area contributed by atoms with Crippen molar-refractivity contribution in [1.29, 1.82) is 0 Å². The zero-order valence-corrected chi connectivity index (χ0v) is 18.1. The van der Waals surface area contributed by atoms with Gasteiger partial charge < -0.3 is 4.74 Å². The Kier molecular flexibility index (Phi) is 4.57. The lowest BCUT2D eigenvalue weighted by molar-refractivity contribution is 0.103. The molecular formula is C21H22O2S2Si. The molecule has 5 heteroatoms. The van der Waals surface area contributed by atoms with Gasteiger partial charge in [-0.05, 0) is 48.4 Å². The molecule has 26 heavy (non-hydrogen) atoms. The van der Waals surface area contributed by atoms with Crippen LogP contribution in [0.2, 0.25) is 19.6 Å². The number of hydrogen-bond donors (Lipinski definition) is 0. The highest BCUT2D eigenvalue weighted by Gasteiger charge is 2.31. The van der Waals surface area contributed by atoms with Crippen molar-refractivity contribution in [2.75, 3.05) is 6.23 Å². The van der Waals surface area contributed by atoms with E-state index in [9.17, 15) is 4.79 Å². The van der Waals surface area contributed by atoms with Crippen LogP contribution in [0.15, 0.2) is 56.0 Å². The van der Waals surface area contributed by atoms with E-state index >= 15 is 0 Å². The quantitative estimate of drug-likeness (QED) is 0.461. The largest absolute Gasteiger partial charge is 0.497 e. The zero-order chi connectivity index (χ0) is 18.5. The van der Waals surface area contributed by atoms with Crippen molar-refractivity contribution in [2.24, 2.45) is 0 Å². The molecular weight excluding hydrogens is 376 g/mol. The van der Waals surface area contributed by atoms with Crippen molar-refractivity contribution in [1.82, 2.24) is 0 Å². The lowest BCUT2D eigenvalue weighted by Crippen LogP contribution is -2.30. The number of rotatable bonds is 3. The van der Waals surface area contributed by atoms with Crippen LogP contribution in [0.1, 0.15) is 21.5 Å². The Labute approximate surface area is 164 Å². The summed E-state index contributed by atoms with van der Waals surface area (Å²) in [6, 6.07) is 12.4. The van der Waals surface area contributed by atoms with Crippen molar-refractivity contribution >= 4 is 37.4 Å². The second kappa shape index (κ2) is 6.62. The van der Waals surface area contributed by atoms with Crippen molar-refractivity contribution in [3.05, 3.63) is 62.9 Å². The third-order valence-corrected chi connectivity index (χ3v) is 8.02. The van der Waals surface area contributed by atoms with Gasteiger partial charge in [-0.2, -0.15) is 0 Å². The Morgan fingerprint density at radius 2 is 1.81 bits per heavy atom. The molecule has 0 spiro atoms. The smallest absolute Gasteiger partial charge is 0.191 e. The molecule has 0 saturated heterocycles. The van der Waals surface area contributed by atoms with Gasteiger partial charge in [0.2, 0.25) is 0 Å². The van der Waals surface area contributed by atoms with Crippen LogP contribution in [0.5, 0.6) is 5.75 Å². The first kappa shape index (κ1) is 18.0. The molecule has 0 fully saturated rings. The third kappa shape index (κ3) is 3.53. The number of ketones is 1. The van der Waals surface area contributed by atoms with Crippen LogP contribution in [0, 0.1) is 6.92 Å². The van der Waals surface area contributed by atoms with Gasteiger partial charge in [0.1, 0.15) is 5.75 Å². The normalized spacial score (nSPS) is 18.8. The Hall–Kier alpha value is -1.43. The molecule has 0 bridgehead atoms. The molecule has 1 aliphatic heterocycles. The number of carbonyl (C=O) groups excluding carboxylic acids is 1. The minimum atomic E-state index is -1.26. The lowest BCUT2D eigenvalue weighted by atomic mass is 10.1. The molecule has 0 atom stereocenters. The highest BCUT2D eigenvalue weighted by Crippen LogP contribution is 2.54. The second-order valence-electron chi connectivity index (χ2n) is 8.09. The number of thioether (sulfide) groups is 2. The van der Waals surface area contributed by atoms with Gasteiger partial charge in [-0.15, -0.1) is 0 Å². The number of hydrogen-bond acceptors (Lipinski definition) is 4. The van der Waals surface area contributed by atoms with Crippen molar-refractivity contribution in [3.8, 4) is 5.75 Å². The molecule has 2 aromatic carbocycles. The SMILES string of the molecule is Cc1ccc2c(c1)SC(=C1Cc3cc(OC[Si](C)(C)C)ccc3C1=O)S2. The van der Waals surface area contributed by atoms with Gasteiger partial charge >= 0.3 is 0 Å². The van der Waals surface area contributed by atoms with E-state index in [0.717, 1.165) is 32.9 Å². The first-order valence-electron chi connectivity index (χ1n) is 8.80. The number of fused-ring (bicyclic) bond motifs is 2. The predicted molar refractivity (Wildman–Crippen MR) is 113 cm³/mol. The van der Waals surface area contributed by atoms with E-state index in [1.807, 2.05) is 12.1 Å². The highest BCUT2D eigenvalue weighted by molar-refractivity contribution is 8.24. The molecule has 0 radical (unpaired) electrons. The van der Waals surface area contributed by atoms with Crippen LogP contribution in [-0.4, -0.2) is 20.1 Å². The summed E-state index contributed by atoms with van der Waals surface area (Å²) in [5, 5.41) is 0. The van der Waals surface area contributed by atoms with Crippen molar-refractivity contribution in [3.63, 3.8) is 0 Å². The van der Waals surface area contributed by atoms with Gasteiger partial charge in [-0.25, -0.2) is 0 Å². The molecule has 1 heterocycles. The predicted octanol–water partition coefficient (Wildman–Crippen LogP) is 6.10. The summed E-state index contributed by atoms with van der Waals surface area (Å²) in [5.41, 5.74) is 4.12. The van der Waals surface area contributed by atoms with Gasteiger partial charge in [-0.1, -0.05) is 49.2 Å². The molecule has 1 aliphatic carbocycles. The van der Waals surface area contributed by atoms with Crippen LogP contribution < -0.4 is 4.74 Å². The van der Waals surface area contributed by atoms with Gasteiger partial charge in [0.25, 0.3) is 0 Å². The van der Waals surface area contributed by atoms with Crippen molar-refractivity contribution in [2.45, 2.75) is 42.8 Å². The summed E-state index contributed by atoms with van der Waals surface area (Å²) in [6.07, 6.45) is 1.51. The van der Waals surface area contributed by atoms with Crippen LogP contribution in [0.4, 0.5) is 0 Å². The molecule has 0 amide bonds. The fraction of sp³-hybridized carbons (Fsp3) is 0.286. The Morgan fingerprint density at radius 1 is 1.04 bits per heavy atom. The number of aryl methyl sites for hydroxylation is 1. The summed E-state index contributed by atoms with van der Waals surface area (Å²) in [7, 11) is -1.26. The average Bonchev–Trinajstić information content (AvgIpc) is 3.13. The van der Waals surface area contributed by atoms with Gasteiger partial charge in [-0.3, -0.25) is 4.79 Å². The number of ether oxygens (including phenoxy) is 1. The highest BCUT2D eigenvalue weighted by atomic mass is 32.2. The molecule has 0 N–H and O–H groups in total. The molecule has 134 valence electrons. The molecule has 0 unspecified atom stereocenters. The van der Waals surface area contributed by atoms with E-state index in [2.05, 4.69) is 50.8 Å². The second-order valence-corrected chi connectivity index (χ2v) is 15.9. The van der Waals surface area contributed by atoms with E-state index in [4.69, 9.17) is 4.74 Å². The van der Waals surface area contributed by atoms with E-state index in [-0.39, 0.29) is 5.78 Å². The molecule has 0 aromatic heterocycles. The zero-order valence-electron chi connectivity index (χ0n) is 15.5. The number of benzene rings is 2. The summed E-state index contributed by atoms with van der Waals surface area (Å²) >= 11 is 3.47. The van der Waals surface area contributed by atoms with Crippen LogP contribution >= 0.6 is 23.5 Å². The summed E-state index contributed by atoms with van der Waals surface area (Å²) in [6.45, 7) is 8.98. The fourth-order valence-corrected chi connectivity index (χ4v) is 6.29. The average molecular weight is 399 g/mol. The van der Waals surface area contributed by atoms with E-state index in [1.165, 1.54) is 15.4 Å². The number of Topliss-reactive ketones (excluding diaryl/α,β-unsaturated/α-hetero) is 1. The maximum absolute atomic E-state index is 12.9. The van der Waals surface area contributed by atoms with Crippen LogP contribution in [0.25, 0.3) is 0 Å². The first-order chi connectivity index (χ1) is 12.3. The molecule has 4 rings (SSSR count). The van der Waals surface area contributed by atoms with Crippen LogP contribution in [-0.2, 0) is 6.42 Å². The maximum Gasteiger partial charge on any atom is 0.191 e. The van der Waals surface area contributed by atoms with E-state index < -0.39 is 8.07 Å². The molecule has 0 saturated carbocycles.